The third kappa shape index (κ3) is 2.96. The Kier molecular flexibility index (Phi) is 3.33. The molecule has 0 unspecified atom stereocenters. The molecular weight excluding hydrogens is 257 g/mol. The van der Waals surface area contributed by atoms with Crippen LogP contribution in [0.4, 0.5) is 13.2 Å². The van der Waals surface area contributed by atoms with Crippen LogP contribution in [0.3, 0.4) is 0 Å². The number of aryl methyl sites for hydroxylation is 1. The minimum atomic E-state index is -4.46. The van der Waals surface area contributed by atoms with Gasteiger partial charge in [-0.2, -0.15) is 13.2 Å². The summed E-state index contributed by atoms with van der Waals surface area (Å²) in [7, 11) is 0. The van der Waals surface area contributed by atoms with Gasteiger partial charge in [0.25, 0.3) is 0 Å². The molecule has 0 N–H and O–H groups in total. The Hall–Kier alpha value is -2.24. The number of halogens is 3. The number of carbonyl (C=O) groups is 1. The molecule has 0 saturated carbocycles. The van der Waals surface area contributed by atoms with Crippen molar-refractivity contribution in [1.29, 1.82) is 0 Å². The molecule has 0 aliphatic heterocycles. The van der Waals surface area contributed by atoms with Crippen LogP contribution in [0.15, 0.2) is 36.8 Å². The zero-order valence-electron chi connectivity index (χ0n) is 9.90. The number of carbonyl (C=O) groups excluding carboxylic acids is 1. The Balaban J connectivity index is 2.30. The molecule has 0 saturated heterocycles. The summed E-state index contributed by atoms with van der Waals surface area (Å²) in [5, 5.41) is 0. The molecule has 0 bridgehead atoms. The molecule has 0 spiro atoms. The predicted molar refractivity (Wildman–Crippen MR) is 61.6 cm³/mol. The Morgan fingerprint density at radius 1 is 1.16 bits per heavy atom. The van der Waals surface area contributed by atoms with Crippen molar-refractivity contribution in [3.63, 3.8) is 0 Å². The van der Waals surface area contributed by atoms with E-state index in [2.05, 4.69) is 9.97 Å². The molecule has 19 heavy (non-hydrogen) atoms. The van der Waals surface area contributed by atoms with E-state index in [0.29, 0.717) is 11.8 Å². The molecule has 6 heteroatoms. The maximum absolute atomic E-state index is 12.4. The lowest BCUT2D eigenvalue weighted by Gasteiger charge is -2.06. The van der Waals surface area contributed by atoms with Crippen LogP contribution in [0.25, 0.3) is 0 Å². The largest absolute Gasteiger partial charge is 0.417 e. The van der Waals surface area contributed by atoms with Crippen LogP contribution in [-0.2, 0) is 6.18 Å². The van der Waals surface area contributed by atoms with Crippen molar-refractivity contribution in [3.8, 4) is 0 Å². The molecule has 2 aromatic heterocycles. The number of aromatic nitrogens is 2. The van der Waals surface area contributed by atoms with E-state index in [9.17, 15) is 18.0 Å². The van der Waals surface area contributed by atoms with E-state index in [4.69, 9.17) is 0 Å². The van der Waals surface area contributed by atoms with E-state index < -0.39 is 17.5 Å². The number of hydrogen-bond acceptors (Lipinski definition) is 3. The van der Waals surface area contributed by atoms with E-state index in [-0.39, 0.29) is 5.69 Å². The fourth-order valence-corrected chi connectivity index (χ4v) is 1.52. The van der Waals surface area contributed by atoms with Gasteiger partial charge in [0.2, 0.25) is 5.78 Å². The highest BCUT2D eigenvalue weighted by molar-refractivity contribution is 6.07. The van der Waals surface area contributed by atoms with Gasteiger partial charge in [0.05, 0.1) is 5.56 Å². The summed E-state index contributed by atoms with van der Waals surface area (Å²) in [6.45, 7) is 1.77. The van der Waals surface area contributed by atoms with Crippen LogP contribution in [0.1, 0.15) is 27.2 Å². The first-order valence-electron chi connectivity index (χ1n) is 5.37. The highest BCUT2D eigenvalue weighted by Crippen LogP contribution is 2.28. The SMILES string of the molecule is Cc1cncc(C(=O)c2ccc(C(F)(F)F)cn2)c1. The second-order valence-corrected chi connectivity index (χ2v) is 4.01. The van der Waals surface area contributed by atoms with Gasteiger partial charge in [-0.25, -0.2) is 0 Å². The summed E-state index contributed by atoms with van der Waals surface area (Å²) in [6.07, 6.45) is -0.873. The van der Waals surface area contributed by atoms with E-state index in [1.165, 1.54) is 6.20 Å². The molecule has 0 fully saturated rings. The lowest BCUT2D eigenvalue weighted by atomic mass is 10.1. The molecule has 0 amide bonds. The van der Waals surface area contributed by atoms with Gasteiger partial charge in [-0.1, -0.05) is 0 Å². The average Bonchev–Trinajstić information content (AvgIpc) is 2.37. The summed E-state index contributed by atoms with van der Waals surface area (Å²) < 4.78 is 37.1. The minimum Gasteiger partial charge on any atom is -0.287 e. The van der Waals surface area contributed by atoms with Crippen molar-refractivity contribution in [3.05, 3.63) is 59.2 Å². The van der Waals surface area contributed by atoms with Crippen molar-refractivity contribution in [2.75, 3.05) is 0 Å². The van der Waals surface area contributed by atoms with Crippen molar-refractivity contribution >= 4 is 5.78 Å². The number of rotatable bonds is 2. The summed E-state index contributed by atoms with van der Waals surface area (Å²) in [6, 6.07) is 3.51. The Morgan fingerprint density at radius 2 is 1.89 bits per heavy atom. The van der Waals surface area contributed by atoms with Crippen LogP contribution in [0.5, 0.6) is 0 Å². The second kappa shape index (κ2) is 4.79. The fourth-order valence-electron chi connectivity index (χ4n) is 1.52. The van der Waals surface area contributed by atoms with Crippen LogP contribution >= 0.6 is 0 Å². The molecule has 0 aliphatic carbocycles. The first-order chi connectivity index (χ1) is 8.88. The molecule has 0 aliphatic rings. The molecule has 0 aromatic carbocycles. The third-order valence-electron chi connectivity index (χ3n) is 2.46. The zero-order chi connectivity index (χ0) is 14.0. The van der Waals surface area contributed by atoms with Gasteiger partial charge in [-0.15, -0.1) is 0 Å². The van der Waals surface area contributed by atoms with Crippen LogP contribution in [0.2, 0.25) is 0 Å². The summed E-state index contributed by atoms with van der Waals surface area (Å²) in [5.74, 6) is -0.454. The smallest absolute Gasteiger partial charge is 0.287 e. The zero-order valence-corrected chi connectivity index (χ0v) is 9.90. The summed E-state index contributed by atoms with van der Waals surface area (Å²) >= 11 is 0. The Labute approximate surface area is 107 Å². The minimum absolute atomic E-state index is 0.0413. The molecular formula is C13H9F3N2O. The number of nitrogens with zero attached hydrogens (tertiary/aromatic N) is 2. The first-order valence-corrected chi connectivity index (χ1v) is 5.37. The molecule has 2 aromatic rings. The maximum Gasteiger partial charge on any atom is 0.417 e. The van der Waals surface area contributed by atoms with Crippen LogP contribution < -0.4 is 0 Å². The predicted octanol–water partition coefficient (Wildman–Crippen LogP) is 3.03. The lowest BCUT2D eigenvalue weighted by molar-refractivity contribution is -0.137. The van der Waals surface area contributed by atoms with E-state index >= 15 is 0 Å². The molecule has 0 radical (unpaired) electrons. The quantitative estimate of drug-likeness (QED) is 0.785. The highest BCUT2D eigenvalue weighted by atomic mass is 19.4. The summed E-state index contributed by atoms with van der Waals surface area (Å²) in [4.78, 5) is 19.4. The van der Waals surface area contributed by atoms with E-state index in [0.717, 1.165) is 17.7 Å². The average molecular weight is 266 g/mol. The standard InChI is InChI=1S/C13H9F3N2O/c1-8-4-9(6-17-5-8)12(19)11-3-2-10(7-18-11)13(14,15)16/h2-7H,1H3. The molecule has 98 valence electrons. The number of ketones is 1. The van der Waals surface area contributed by atoms with Gasteiger partial charge < -0.3 is 0 Å². The Bertz CT molecular complexity index is 606. The molecule has 3 nitrogen and oxygen atoms in total. The van der Waals surface area contributed by atoms with Gasteiger partial charge in [0, 0.05) is 24.2 Å². The van der Waals surface area contributed by atoms with Crippen molar-refractivity contribution in [1.82, 2.24) is 9.97 Å². The Morgan fingerprint density at radius 3 is 2.42 bits per heavy atom. The normalized spacial score (nSPS) is 11.4. The number of pyridine rings is 2. The topological polar surface area (TPSA) is 42.9 Å². The highest BCUT2D eigenvalue weighted by Gasteiger charge is 2.30. The van der Waals surface area contributed by atoms with Gasteiger partial charge in [-0.3, -0.25) is 14.8 Å². The van der Waals surface area contributed by atoms with Crippen molar-refractivity contribution in [2.24, 2.45) is 0 Å². The van der Waals surface area contributed by atoms with E-state index in [1.54, 1.807) is 19.2 Å². The molecule has 0 atom stereocenters. The second-order valence-electron chi connectivity index (χ2n) is 4.01. The first kappa shape index (κ1) is 13.2. The van der Waals surface area contributed by atoms with Gasteiger partial charge in [0.1, 0.15) is 5.69 Å². The van der Waals surface area contributed by atoms with Gasteiger partial charge >= 0.3 is 6.18 Å². The van der Waals surface area contributed by atoms with Gasteiger partial charge in [0.15, 0.2) is 0 Å². The van der Waals surface area contributed by atoms with Crippen molar-refractivity contribution < 1.29 is 18.0 Å². The molecule has 2 heterocycles. The van der Waals surface area contributed by atoms with E-state index in [1.807, 2.05) is 0 Å². The summed E-state index contributed by atoms with van der Waals surface area (Å²) in [5.41, 5.74) is 0.164. The number of hydrogen-bond donors (Lipinski definition) is 0. The maximum atomic E-state index is 12.4. The van der Waals surface area contributed by atoms with Crippen LogP contribution in [0, 0.1) is 6.92 Å². The third-order valence-corrected chi connectivity index (χ3v) is 2.46. The monoisotopic (exact) mass is 266 g/mol. The molecule has 2 rings (SSSR count). The van der Waals surface area contributed by atoms with Gasteiger partial charge in [-0.05, 0) is 30.7 Å². The van der Waals surface area contributed by atoms with Crippen molar-refractivity contribution in [2.45, 2.75) is 13.1 Å². The lowest BCUT2D eigenvalue weighted by Crippen LogP contribution is -2.09. The number of alkyl halides is 3. The van der Waals surface area contributed by atoms with Crippen LogP contribution in [-0.4, -0.2) is 15.8 Å². The fraction of sp³-hybridized carbons (Fsp3) is 0.154.